The summed E-state index contributed by atoms with van der Waals surface area (Å²) >= 11 is 0. The highest BCUT2D eigenvalue weighted by Gasteiger charge is 2.21. The van der Waals surface area contributed by atoms with Gasteiger partial charge in [-0.25, -0.2) is 4.79 Å². The number of aliphatic hydroxyl groups excluding tert-OH is 1. The number of phenolic OH excluding ortho intramolecular Hbond substituents is 1. The van der Waals surface area contributed by atoms with E-state index in [0.29, 0.717) is 12.0 Å². The number of hydrogen-bond donors (Lipinski definition) is 4. The minimum atomic E-state index is -1.13. The molecule has 0 saturated heterocycles. The van der Waals surface area contributed by atoms with Gasteiger partial charge in [-0.3, -0.25) is 4.79 Å². The van der Waals surface area contributed by atoms with Gasteiger partial charge in [-0.2, -0.15) is 0 Å². The van der Waals surface area contributed by atoms with E-state index >= 15 is 0 Å². The van der Waals surface area contributed by atoms with Crippen LogP contribution in [0.15, 0.2) is 24.3 Å². The molecule has 6 heteroatoms. The maximum absolute atomic E-state index is 12.0. The topological polar surface area (TPSA) is 107 Å². The van der Waals surface area contributed by atoms with Crippen molar-refractivity contribution in [3.05, 3.63) is 29.8 Å². The Morgan fingerprint density at radius 2 is 1.72 bits per heavy atom. The molecule has 1 aromatic carbocycles. The average Bonchev–Trinajstić information content (AvgIpc) is 2.55. The summed E-state index contributed by atoms with van der Waals surface area (Å²) in [6, 6.07) is 5.11. The monoisotopic (exact) mass is 351 g/mol. The molecular weight excluding hydrogens is 322 g/mol. The number of aromatic hydroxyl groups is 1. The predicted molar refractivity (Wildman–Crippen MR) is 95.4 cm³/mol. The van der Waals surface area contributed by atoms with Crippen LogP contribution in [0, 0.1) is 0 Å². The van der Waals surface area contributed by atoms with Gasteiger partial charge in [-0.15, -0.1) is 0 Å². The Morgan fingerprint density at radius 1 is 1.08 bits per heavy atom. The number of rotatable bonds is 12. The predicted octanol–water partition coefficient (Wildman–Crippen LogP) is 2.62. The van der Waals surface area contributed by atoms with Gasteiger partial charge in [0.05, 0.1) is 12.5 Å². The molecule has 0 fully saturated rings. The Hall–Kier alpha value is -2.08. The van der Waals surface area contributed by atoms with Crippen molar-refractivity contribution in [3.8, 4) is 5.75 Å². The molecule has 0 aliphatic carbocycles. The zero-order valence-electron chi connectivity index (χ0n) is 14.8. The number of benzene rings is 1. The number of carboxylic acid groups (broad SMARTS) is 1. The largest absolute Gasteiger partial charge is 0.508 e. The number of phenols is 1. The Kier molecular flexibility index (Phi) is 9.62. The lowest BCUT2D eigenvalue weighted by Gasteiger charge is -2.16. The van der Waals surface area contributed by atoms with E-state index in [1.54, 1.807) is 12.1 Å². The van der Waals surface area contributed by atoms with Crippen LogP contribution >= 0.6 is 0 Å². The van der Waals surface area contributed by atoms with Crippen molar-refractivity contribution in [1.29, 1.82) is 0 Å². The highest BCUT2D eigenvalue weighted by molar-refractivity contribution is 5.84. The van der Waals surface area contributed by atoms with Gasteiger partial charge in [0, 0.05) is 6.42 Å². The molecule has 0 bridgehead atoms. The standard InChI is InChI=1S/C19H29NO5/c1-2-3-4-5-6-7-16(22)13-18(23)20-17(19(24)25)12-14-8-10-15(21)11-9-14/h8-11,16-17,21-22H,2-7,12-13H2,1H3,(H,20,23)(H,24,25)/t16?,17-/m0/s1. The summed E-state index contributed by atoms with van der Waals surface area (Å²) in [6.45, 7) is 2.14. The molecule has 6 nitrogen and oxygen atoms in total. The lowest BCUT2D eigenvalue weighted by Crippen LogP contribution is -2.43. The van der Waals surface area contributed by atoms with Crippen LogP contribution < -0.4 is 5.32 Å². The SMILES string of the molecule is CCCCCCCC(O)CC(=O)N[C@@H](Cc1ccc(O)cc1)C(=O)O. The van der Waals surface area contributed by atoms with Gasteiger partial charge in [0.2, 0.25) is 5.91 Å². The van der Waals surface area contributed by atoms with E-state index in [0.717, 1.165) is 25.7 Å². The summed E-state index contributed by atoms with van der Waals surface area (Å²) in [5.41, 5.74) is 0.696. The lowest BCUT2D eigenvalue weighted by atomic mass is 10.0. The van der Waals surface area contributed by atoms with Crippen LogP contribution in [0.1, 0.15) is 57.4 Å². The number of nitrogens with one attached hydrogen (secondary N) is 1. The Bertz CT molecular complexity index is 529. The van der Waals surface area contributed by atoms with Gasteiger partial charge < -0.3 is 20.6 Å². The summed E-state index contributed by atoms with van der Waals surface area (Å²) in [7, 11) is 0. The van der Waals surface area contributed by atoms with Crippen molar-refractivity contribution >= 4 is 11.9 Å². The summed E-state index contributed by atoms with van der Waals surface area (Å²) in [5, 5.41) is 30.9. The van der Waals surface area contributed by atoms with E-state index in [1.807, 2.05) is 0 Å². The molecule has 140 valence electrons. The van der Waals surface area contributed by atoms with Crippen LogP contribution in [0.4, 0.5) is 0 Å². The second kappa shape index (κ2) is 11.5. The van der Waals surface area contributed by atoms with Crippen LogP contribution in [0.2, 0.25) is 0 Å². The van der Waals surface area contributed by atoms with E-state index in [9.17, 15) is 24.9 Å². The number of aliphatic carboxylic acids is 1. The molecule has 1 unspecified atom stereocenters. The molecule has 1 amide bonds. The molecule has 0 saturated carbocycles. The van der Waals surface area contributed by atoms with E-state index in [-0.39, 0.29) is 18.6 Å². The second-order valence-corrected chi connectivity index (χ2v) is 6.39. The summed E-state index contributed by atoms with van der Waals surface area (Å²) in [5.74, 6) is -1.50. The fourth-order valence-corrected chi connectivity index (χ4v) is 2.62. The third kappa shape index (κ3) is 9.10. The normalized spacial score (nSPS) is 13.2. The maximum atomic E-state index is 12.0. The molecule has 0 aliphatic heterocycles. The molecule has 2 atom stereocenters. The van der Waals surface area contributed by atoms with Crippen molar-refractivity contribution < 1.29 is 24.9 Å². The Labute approximate surface area is 148 Å². The van der Waals surface area contributed by atoms with Crippen LogP contribution in [0.3, 0.4) is 0 Å². The number of amides is 1. The first-order valence-electron chi connectivity index (χ1n) is 8.90. The number of aliphatic hydroxyl groups is 1. The second-order valence-electron chi connectivity index (χ2n) is 6.39. The van der Waals surface area contributed by atoms with Crippen molar-refractivity contribution in [2.45, 2.75) is 70.4 Å². The molecule has 0 spiro atoms. The van der Waals surface area contributed by atoms with Gasteiger partial charge >= 0.3 is 5.97 Å². The first kappa shape index (κ1) is 21.0. The van der Waals surface area contributed by atoms with E-state index in [2.05, 4.69) is 12.2 Å². The molecule has 4 N–H and O–H groups in total. The number of hydrogen-bond acceptors (Lipinski definition) is 4. The van der Waals surface area contributed by atoms with Gasteiger partial charge in [-0.05, 0) is 24.1 Å². The fourth-order valence-electron chi connectivity index (χ4n) is 2.62. The van der Waals surface area contributed by atoms with Crippen LogP contribution in [0.5, 0.6) is 5.75 Å². The van der Waals surface area contributed by atoms with Gasteiger partial charge in [-0.1, -0.05) is 51.2 Å². The molecule has 0 aliphatic rings. The van der Waals surface area contributed by atoms with E-state index < -0.39 is 24.0 Å². The number of carbonyl (C=O) groups excluding carboxylic acids is 1. The third-order valence-electron chi connectivity index (χ3n) is 4.07. The molecule has 0 aromatic heterocycles. The van der Waals surface area contributed by atoms with Crippen LogP contribution in [-0.2, 0) is 16.0 Å². The molecule has 0 heterocycles. The van der Waals surface area contributed by atoms with Crippen molar-refractivity contribution in [3.63, 3.8) is 0 Å². The number of unbranched alkanes of at least 4 members (excludes halogenated alkanes) is 4. The lowest BCUT2D eigenvalue weighted by molar-refractivity contribution is -0.142. The first-order valence-corrected chi connectivity index (χ1v) is 8.90. The maximum Gasteiger partial charge on any atom is 0.326 e. The molecule has 1 aromatic rings. The summed E-state index contributed by atoms with van der Waals surface area (Å²) in [6.07, 6.45) is 5.19. The number of carboxylic acids is 1. The van der Waals surface area contributed by atoms with Crippen molar-refractivity contribution in [1.82, 2.24) is 5.32 Å². The zero-order valence-corrected chi connectivity index (χ0v) is 14.8. The zero-order chi connectivity index (χ0) is 18.7. The quantitative estimate of drug-likeness (QED) is 0.433. The van der Waals surface area contributed by atoms with Crippen molar-refractivity contribution in [2.24, 2.45) is 0 Å². The smallest absolute Gasteiger partial charge is 0.326 e. The minimum absolute atomic E-state index is 0.0901. The average molecular weight is 351 g/mol. The summed E-state index contributed by atoms with van der Waals surface area (Å²) < 4.78 is 0. The third-order valence-corrected chi connectivity index (χ3v) is 4.07. The Morgan fingerprint density at radius 3 is 2.32 bits per heavy atom. The molecule has 25 heavy (non-hydrogen) atoms. The van der Waals surface area contributed by atoms with Gasteiger partial charge in [0.1, 0.15) is 11.8 Å². The number of carbonyl (C=O) groups is 2. The summed E-state index contributed by atoms with van der Waals surface area (Å²) in [4.78, 5) is 23.3. The molecule has 0 radical (unpaired) electrons. The Balaban J connectivity index is 2.40. The highest BCUT2D eigenvalue weighted by atomic mass is 16.4. The first-order chi connectivity index (χ1) is 11.9. The van der Waals surface area contributed by atoms with Crippen molar-refractivity contribution in [2.75, 3.05) is 0 Å². The van der Waals surface area contributed by atoms with Gasteiger partial charge in [0.25, 0.3) is 0 Å². The minimum Gasteiger partial charge on any atom is -0.508 e. The van der Waals surface area contributed by atoms with Gasteiger partial charge in [0.15, 0.2) is 0 Å². The highest BCUT2D eigenvalue weighted by Crippen LogP contribution is 2.12. The molecule has 1 rings (SSSR count). The molecular formula is C19H29NO5. The van der Waals surface area contributed by atoms with E-state index in [4.69, 9.17) is 0 Å². The van der Waals surface area contributed by atoms with Crippen LogP contribution in [-0.4, -0.2) is 39.3 Å². The van der Waals surface area contributed by atoms with E-state index in [1.165, 1.54) is 18.6 Å². The van der Waals surface area contributed by atoms with Crippen LogP contribution in [0.25, 0.3) is 0 Å². The fraction of sp³-hybridized carbons (Fsp3) is 0.579.